The normalized spacial score (nSPS) is 11.0. The summed E-state index contributed by atoms with van der Waals surface area (Å²) in [7, 11) is 0. The number of hydrogen-bond donors (Lipinski definition) is 0. The molecule has 1 aromatic heterocycles. The topological polar surface area (TPSA) is 56.5 Å². The van der Waals surface area contributed by atoms with E-state index in [1.165, 1.54) is 12.3 Å². The third kappa shape index (κ3) is 3.31. The largest absolute Gasteiger partial charge is 0.466 e. The lowest BCUT2D eigenvalue weighted by Gasteiger charge is -1.98. The van der Waals surface area contributed by atoms with E-state index in [1.807, 2.05) is 6.07 Å². The summed E-state index contributed by atoms with van der Waals surface area (Å²) in [6, 6.07) is 6.69. The molecule has 1 aromatic carbocycles. The van der Waals surface area contributed by atoms with Gasteiger partial charge in [-0.3, -0.25) is 9.59 Å². The third-order valence-corrected chi connectivity index (χ3v) is 2.58. The fourth-order valence-corrected chi connectivity index (χ4v) is 1.72. The first-order chi connectivity index (χ1) is 9.20. The van der Waals surface area contributed by atoms with Crippen LogP contribution in [0.2, 0.25) is 0 Å². The Hall–Kier alpha value is -2.36. The van der Waals surface area contributed by atoms with Crippen LogP contribution in [0.4, 0.5) is 0 Å². The summed E-state index contributed by atoms with van der Waals surface area (Å²) in [5.74, 6) is -0.265. The lowest BCUT2D eigenvalue weighted by atomic mass is 10.1. The van der Waals surface area contributed by atoms with Crippen molar-refractivity contribution in [3.05, 3.63) is 52.4 Å². The number of benzene rings is 1. The molecule has 0 aliphatic rings. The van der Waals surface area contributed by atoms with Gasteiger partial charge in [-0.2, -0.15) is 0 Å². The maximum Gasteiger partial charge on any atom is 0.309 e. The maximum absolute atomic E-state index is 11.6. The van der Waals surface area contributed by atoms with Gasteiger partial charge in [0.05, 0.1) is 24.7 Å². The van der Waals surface area contributed by atoms with Crippen LogP contribution in [0.15, 0.2) is 45.8 Å². The molecule has 19 heavy (non-hydrogen) atoms. The lowest BCUT2D eigenvalue weighted by Crippen LogP contribution is -2.01. The minimum absolute atomic E-state index is 0.0816. The number of carbonyl (C=O) groups excluding carboxylic acids is 1. The smallest absolute Gasteiger partial charge is 0.309 e. The molecule has 4 heteroatoms. The first kappa shape index (κ1) is 13.1. The molecular weight excluding hydrogens is 244 g/mol. The van der Waals surface area contributed by atoms with Crippen LogP contribution in [0.25, 0.3) is 17.0 Å². The summed E-state index contributed by atoms with van der Waals surface area (Å²) in [5, 5.41) is 0.529. The molecule has 0 radical (unpaired) electrons. The Balaban J connectivity index is 2.18. The average Bonchev–Trinajstić information content (AvgIpc) is 2.40. The Kier molecular flexibility index (Phi) is 4.13. The predicted octanol–water partition coefficient (Wildman–Crippen LogP) is 2.76. The van der Waals surface area contributed by atoms with E-state index in [2.05, 4.69) is 0 Å². The molecule has 0 saturated carbocycles. The molecule has 0 fully saturated rings. The summed E-state index contributed by atoms with van der Waals surface area (Å²) < 4.78 is 10.0. The molecular formula is C15H14O4. The summed E-state index contributed by atoms with van der Waals surface area (Å²) in [6.07, 6.45) is 5.09. The number of rotatable bonds is 4. The van der Waals surface area contributed by atoms with Crippen LogP contribution >= 0.6 is 0 Å². The van der Waals surface area contributed by atoms with Crippen molar-refractivity contribution >= 4 is 23.0 Å². The number of fused-ring (bicyclic) bond motifs is 1. The van der Waals surface area contributed by atoms with Crippen molar-refractivity contribution in [1.29, 1.82) is 0 Å². The summed E-state index contributed by atoms with van der Waals surface area (Å²) >= 11 is 0. The first-order valence-electron chi connectivity index (χ1n) is 6.04. The van der Waals surface area contributed by atoms with Crippen LogP contribution in [-0.2, 0) is 9.53 Å². The zero-order valence-electron chi connectivity index (χ0n) is 10.6. The molecule has 0 bridgehead atoms. The van der Waals surface area contributed by atoms with E-state index in [0.717, 1.165) is 5.56 Å². The molecule has 0 aliphatic carbocycles. The van der Waals surface area contributed by atoms with Gasteiger partial charge in [-0.1, -0.05) is 18.2 Å². The maximum atomic E-state index is 11.6. The van der Waals surface area contributed by atoms with Crippen LogP contribution in [0.5, 0.6) is 0 Å². The van der Waals surface area contributed by atoms with Gasteiger partial charge in [0.1, 0.15) is 5.58 Å². The Labute approximate surface area is 110 Å². The number of carbonyl (C=O) groups is 1. The Morgan fingerprint density at radius 1 is 1.37 bits per heavy atom. The highest BCUT2D eigenvalue weighted by Gasteiger charge is 2.00. The van der Waals surface area contributed by atoms with Gasteiger partial charge in [0, 0.05) is 6.07 Å². The van der Waals surface area contributed by atoms with Gasteiger partial charge in [-0.25, -0.2) is 0 Å². The Morgan fingerprint density at radius 2 is 2.21 bits per heavy atom. The molecule has 0 spiro atoms. The van der Waals surface area contributed by atoms with Crippen molar-refractivity contribution in [1.82, 2.24) is 0 Å². The molecule has 2 rings (SSSR count). The van der Waals surface area contributed by atoms with Crippen molar-refractivity contribution in [3.8, 4) is 0 Å². The molecule has 2 aromatic rings. The molecule has 1 heterocycles. The summed E-state index contributed by atoms with van der Waals surface area (Å²) in [5.41, 5.74) is 1.31. The van der Waals surface area contributed by atoms with E-state index in [1.54, 1.807) is 31.2 Å². The van der Waals surface area contributed by atoms with Gasteiger partial charge in [-0.15, -0.1) is 0 Å². The van der Waals surface area contributed by atoms with Gasteiger partial charge >= 0.3 is 5.97 Å². The van der Waals surface area contributed by atoms with Crippen LogP contribution in [-0.4, -0.2) is 12.6 Å². The van der Waals surface area contributed by atoms with E-state index in [9.17, 15) is 9.59 Å². The average molecular weight is 258 g/mol. The minimum atomic E-state index is -0.265. The van der Waals surface area contributed by atoms with E-state index in [-0.39, 0.29) is 17.8 Å². The van der Waals surface area contributed by atoms with E-state index in [4.69, 9.17) is 9.15 Å². The Morgan fingerprint density at radius 3 is 3.00 bits per heavy atom. The zero-order chi connectivity index (χ0) is 13.7. The van der Waals surface area contributed by atoms with Crippen LogP contribution in [0, 0.1) is 0 Å². The highest BCUT2D eigenvalue weighted by Crippen LogP contribution is 2.13. The van der Waals surface area contributed by atoms with Gasteiger partial charge in [0.2, 0.25) is 0 Å². The van der Waals surface area contributed by atoms with Crippen LogP contribution < -0.4 is 5.43 Å². The zero-order valence-corrected chi connectivity index (χ0v) is 10.6. The second-order valence-corrected chi connectivity index (χ2v) is 3.95. The quantitative estimate of drug-likeness (QED) is 0.791. The SMILES string of the molecule is CCOC(=O)CC=Cc1ccc2occc(=O)c2c1. The molecule has 0 aliphatic heterocycles. The second-order valence-electron chi connectivity index (χ2n) is 3.95. The molecule has 0 amide bonds. The van der Waals surface area contributed by atoms with Crippen molar-refractivity contribution in [2.45, 2.75) is 13.3 Å². The van der Waals surface area contributed by atoms with Gasteiger partial charge in [0.25, 0.3) is 0 Å². The van der Waals surface area contributed by atoms with E-state index < -0.39 is 0 Å². The predicted molar refractivity (Wildman–Crippen MR) is 72.8 cm³/mol. The van der Waals surface area contributed by atoms with E-state index in [0.29, 0.717) is 17.6 Å². The third-order valence-electron chi connectivity index (χ3n) is 2.58. The fourth-order valence-electron chi connectivity index (χ4n) is 1.72. The summed E-state index contributed by atoms with van der Waals surface area (Å²) in [4.78, 5) is 22.8. The van der Waals surface area contributed by atoms with Crippen molar-refractivity contribution in [2.75, 3.05) is 6.61 Å². The van der Waals surface area contributed by atoms with Crippen molar-refractivity contribution < 1.29 is 13.9 Å². The summed E-state index contributed by atoms with van der Waals surface area (Å²) in [6.45, 7) is 2.15. The number of ether oxygens (including phenoxy) is 1. The highest BCUT2D eigenvalue weighted by molar-refractivity contribution is 5.79. The van der Waals surface area contributed by atoms with Gasteiger partial charge in [0.15, 0.2) is 5.43 Å². The molecule has 98 valence electrons. The van der Waals surface area contributed by atoms with Crippen LogP contribution in [0.3, 0.4) is 0 Å². The Bertz CT molecular complexity index is 667. The number of hydrogen-bond acceptors (Lipinski definition) is 4. The molecule has 0 N–H and O–H groups in total. The van der Waals surface area contributed by atoms with E-state index >= 15 is 0 Å². The number of esters is 1. The lowest BCUT2D eigenvalue weighted by molar-refractivity contribution is -0.142. The monoisotopic (exact) mass is 258 g/mol. The van der Waals surface area contributed by atoms with Gasteiger partial charge < -0.3 is 9.15 Å². The second kappa shape index (κ2) is 6.00. The molecule has 0 atom stereocenters. The van der Waals surface area contributed by atoms with Crippen molar-refractivity contribution in [3.63, 3.8) is 0 Å². The molecule has 4 nitrogen and oxygen atoms in total. The highest BCUT2D eigenvalue weighted by atomic mass is 16.5. The fraction of sp³-hybridized carbons (Fsp3) is 0.200. The standard InChI is InChI=1S/C15H14O4/c1-2-18-15(17)5-3-4-11-6-7-14-12(10-11)13(16)8-9-19-14/h3-4,6-10H,2,5H2,1H3. The van der Waals surface area contributed by atoms with Crippen molar-refractivity contribution in [2.24, 2.45) is 0 Å². The van der Waals surface area contributed by atoms with Crippen LogP contribution in [0.1, 0.15) is 18.9 Å². The molecule has 0 saturated heterocycles. The first-order valence-corrected chi connectivity index (χ1v) is 6.04. The minimum Gasteiger partial charge on any atom is -0.466 e. The van der Waals surface area contributed by atoms with Gasteiger partial charge in [-0.05, 0) is 24.6 Å². The molecule has 0 unspecified atom stereocenters.